The normalized spacial score (nSPS) is 11.9. The summed E-state index contributed by atoms with van der Waals surface area (Å²) in [5.41, 5.74) is 11.7. The maximum Gasteiger partial charge on any atom is 0.159 e. The monoisotopic (exact) mass is 715 g/mol. The Morgan fingerprint density at radius 1 is 0.357 bits per heavy atom. The van der Waals surface area contributed by atoms with Gasteiger partial charge in [-0.1, -0.05) is 121 Å². The third-order valence-corrected chi connectivity index (χ3v) is 11.5. The summed E-state index contributed by atoms with van der Waals surface area (Å²) < 4.78 is 11.5. The van der Waals surface area contributed by atoms with Gasteiger partial charge >= 0.3 is 0 Å². The van der Waals surface area contributed by atoms with Crippen molar-refractivity contribution in [2.75, 3.05) is 4.90 Å². The number of anilines is 3. The molecule has 56 heavy (non-hydrogen) atoms. The Morgan fingerprint density at radius 2 is 0.964 bits per heavy atom. The molecule has 0 amide bonds. The lowest BCUT2D eigenvalue weighted by atomic mass is 10.0. The van der Waals surface area contributed by atoms with Gasteiger partial charge < -0.3 is 18.5 Å². The van der Waals surface area contributed by atoms with Gasteiger partial charge in [-0.25, -0.2) is 0 Å². The molecule has 0 bridgehead atoms. The molecule has 0 aliphatic heterocycles. The molecule has 3 aromatic heterocycles. The van der Waals surface area contributed by atoms with Crippen molar-refractivity contribution in [2.45, 2.75) is 0 Å². The number of furan rings is 1. The van der Waals surface area contributed by atoms with Crippen LogP contribution in [0.4, 0.5) is 17.1 Å². The van der Waals surface area contributed by atoms with Gasteiger partial charge in [0.2, 0.25) is 0 Å². The van der Waals surface area contributed by atoms with Crippen LogP contribution >= 0.6 is 0 Å². The van der Waals surface area contributed by atoms with E-state index in [0.717, 1.165) is 55.9 Å². The van der Waals surface area contributed by atoms with E-state index in [-0.39, 0.29) is 0 Å². The van der Waals surface area contributed by atoms with E-state index in [1.807, 2.05) is 6.07 Å². The minimum Gasteiger partial charge on any atom is -0.454 e. The van der Waals surface area contributed by atoms with E-state index in [9.17, 15) is 0 Å². The predicted octanol–water partition coefficient (Wildman–Crippen LogP) is 14.4. The predicted molar refractivity (Wildman–Crippen MR) is 235 cm³/mol. The molecular weight excluding hydrogens is 683 g/mol. The molecular formula is C52H33N3O. The van der Waals surface area contributed by atoms with Crippen molar-refractivity contribution >= 4 is 93.4 Å². The van der Waals surface area contributed by atoms with E-state index < -0.39 is 0 Å². The van der Waals surface area contributed by atoms with Gasteiger partial charge in [-0.15, -0.1) is 0 Å². The van der Waals surface area contributed by atoms with E-state index in [1.54, 1.807) is 0 Å². The highest BCUT2D eigenvalue weighted by atomic mass is 16.3. The van der Waals surface area contributed by atoms with E-state index in [1.165, 1.54) is 48.9 Å². The van der Waals surface area contributed by atoms with E-state index >= 15 is 0 Å². The van der Waals surface area contributed by atoms with Crippen molar-refractivity contribution in [1.29, 1.82) is 0 Å². The highest BCUT2D eigenvalue weighted by Gasteiger charge is 2.22. The number of nitrogens with zero attached hydrogens (tertiary/aromatic N) is 3. The molecule has 0 spiro atoms. The molecule has 4 heteroatoms. The Kier molecular flexibility index (Phi) is 6.60. The fourth-order valence-corrected chi connectivity index (χ4v) is 9.06. The maximum atomic E-state index is 6.70. The molecule has 4 nitrogen and oxygen atoms in total. The van der Waals surface area contributed by atoms with Gasteiger partial charge in [0.05, 0.1) is 27.8 Å². The topological polar surface area (TPSA) is 26.2 Å². The fraction of sp³-hybridized carbons (Fsp3) is 0. The number of benzene rings is 9. The van der Waals surface area contributed by atoms with E-state index in [0.29, 0.717) is 0 Å². The Balaban J connectivity index is 1.10. The molecule has 0 aliphatic carbocycles. The van der Waals surface area contributed by atoms with Crippen LogP contribution in [0, 0.1) is 0 Å². The summed E-state index contributed by atoms with van der Waals surface area (Å²) in [7, 11) is 0. The Labute approximate surface area is 322 Å². The molecule has 0 radical (unpaired) electrons. The van der Waals surface area contributed by atoms with Crippen LogP contribution in [-0.4, -0.2) is 9.13 Å². The summed E-state index contributed by atoms with van der Waals surface area (Å²) in [6, 6.07) is 71.9. The highest BCUT2D eigenvalue weighted by molar-refractivity contribution is 6.21. The van der Waals surface area contributed by atoms with Crippen molar-refractivity contribution in [3.63, 3.8) is 0 Å². The van der Waals surface area contributed by atoms with Gasteiger partial charge in [-0.2, -0.15) is 0 Å². The molecule has 0 N–H and O–H groups in total. The van der Waals surface area contributed by atoms with Crippen LogP contribution in [0.25, 0.3) is 87.7 Å². The molecule has 12 aromatic rings. The van der Waals surface area contributed by atoms with Crippen LogP contribution in [0.15, 0.2) is 205 Å². The number of aromatic nitrogens is 2. The molecule has 0 unspecified atom stereocenters. The second kappa shape index (κ2) is 12.0. The lowest BCUT2D eigenvalue weighted by molar-refractivity contribution is 0.669. The van der Waals surface area contributed by atoms with Gasteiger partial charge in [0.15, 0.2) is 5.58 Å². The van der Waals surface area contributed by atoms with E-state index in [2.05, 4.69) is 208 Å². The second-order valence-electron chi connectivity index (χ2n) is 14.5. The van der Waals surface area contributed by atoms with Crippen molar-refractivity contribution in [2.24, 2.45) is 0 Å². The molecule has 0 fully saturated rings. The molecule has 0 aliphatic rings. The zero-order chi connectivity index (χ0) is 36.7. The summed E-state index contributed by atoms with van der Waals surface area (Å²) in [4.78, 5) is 2.35. The number of hydrogen-bond acceptors (Lipinski definition) is 2. The van der Waals surface area contributed by atoms with Crippen LogP contribution in [0.2, 0.25) is 0 Å². The molecule has 9 aromatic carbocycles. The van der Waals surface area contributed by atoms with Crippen molar-refractivity contribution < 1.29 is 4.42 Å². The molecule has 0 saturated carbocycles. The first-order valence-electron chi connectivity index (χ1n) is 19.1. The number of para-hydroxylation sites is 5. The third-order valence-electron chi connectivity index (χ3n) is 11.5. The summed E-state index contributed by atoms with van der Waals surface area (Å²) in [6.45, 7) is 0. The van der Waals surface area contributed by atoms with Crippen molar-refractivity contribution in [3.8, 4) is 11.4 Å². The largest absolute Gasteiger partial charge is 0.454 e. The van der Waals surface area contributed by atoms with Gasteiger partial charge in [-0.3, -0.25) is 0 Å². The van der Waals surface area contributed by atoms with Crippen LogP contribution in [0.1, 0.15) is 0 Å². The van der Waals surface area contributed by atoms with Gasteiger partial charge in [0.25, 0.3) is 0 Å². The fourth-order valence-electron chi connectivity index (χ4n) is 9.06. The maximum absolute atomic E-state index is 6.70. The second-order valence-corrected chi connectivity index (χ2v) is 14.5. The summed E-state index contributed by atoms with van der Waals surface area (Å²) in [5.74, 6) is 0. The Bertz CT molecular complexity index is 3480. The van der Waals surface area contributed by atoms with Gasteiger partial charge in [-0.05, 0) is 89.6 Å². The van der Waals surface area contributed by atoms with Gasteiger partial charge in [0, 0.05) is 55.1 Å². The smallest absolute Gasteiger partial charge is 0.159 e. The summed E-state index contributed by atoms with van der Waals surface area (Å²) in [6.07, 6.45) is 0. The van der Waals surface area contributed by atoms with E-state index in [4.69, 9.17) is 4.42 Å². The minimum absolute atomic E-state index is 0.857. The lowest BCUT2D eigenvalue weighted by Gasteiger charge is -2.26. The third kappa shape index (κ3) is 4.47. The van der Waals surface area contributed by atoms with Crippen LogP contribution in [-0.2, 0) is 0 Å². The molecule has 3 heterocycles. The first kappa shape index (κ1) is 30.9. The zero-order valence-corrected chi connectivity index (χ0v) is 30.3. The first-order chi connectivity index (χ1) is 27.8. The molecule has 0 atom stereocenters. The number of rotatable bonds is 5. The molecule has 12 rings (SSSR count). The van der Waals surface area contributed by atoms with Gasteiger partial charge in [0.1, 0.15) is 5.58 Å². The average Bonchev–Trinajstić information content (AvgIpc) is 3.93. The molecule has 0 saturated heterocycles. The van der Waals surface area contributed by atoms with Crippen LogP contribution < -0.4 is 4.90 Å². The Hall–Kier alpha value is -7.56. The molecule has 262 valence electrons. The van der Waals surface area contributed by atoms with Crippen molar-refractivity contribution in [1.82, 2.24) is 9.13 Å². The summed E-state index contributed by atoms with van der Waals surface area (Å²) in [5, 5.41) is 9.69. The minimum atomic E-state index is 0.857. The van der Waals surface area contributed by atoms with Crippen molar-refractivity contribution in [3.05, 3.63) is 200 Å². The number of hydrogen-bond donors (Lipinski definition) is 0. The average molecular weight is 716 g/mol. The Morgan fingerprint density at radius 3 is 1.80 bits per heavy atom. The standard InChI is InChI=1S/C52H33N3O/c1-2-14-35(15-3-1)55-45-21-9-6-17-40(45)41-31-30-38(33-49(41)55)53(48-23-12-20-43-42-18-8-11-24-50(42)56-52(43)48)36-26-28-37(29-27-36)54-46-22-10-7-19-44(46)51-39-16-5-4-13-34(39)25-32-47(51)54/h1-33H. The SMILES string of the molecule is c1ccc(-n2c3ccccc3c3ccc(N(c4ccc(-n5c6ccccc6c6c7ccccc7ccc65)cc4)c4cccc5c4oc4ccccc45)cc32)cc1. The lowest BCUT2D eigenvalue weighted by Crippen LogP contribution is -2.10. The zero-order valence-electron chi connectivity index (χ0n) is 30.3. The van der Waals surface area contributed by atoms with Crippen LogP contribution in [0.3, 0.4) is 0 Å². The first-order valence-corrected chi connectivity index (χ1v) is 19.1. The highest BCUT2D eigenvalue weighted by Crippen LogP contribution is 2.45. The quantitative estimate of drug-likeness (QED) is 0.177. The van der Waals surface area contributed by atoms with Crippen LogP contribution in [0.5, 0.6) is 0 Å². The summed E-state index contributed by atoms with van der Waals surface area (Å²) >= 11 is 0. The number of fused-ring (bicyclic) bond motifs is 11.